The second-order valence-corrected chi connectivity index (χ2v) is 9.47. The zero-order valence-electron chi connectivity index (χ0n) is 16.6. The van der Waals surface area contributed by atoms with Crippen LogP contribution in [0.3, 0.4) is 0 Å². The molecule has 1 saturated heterocycles. The SMILES string of the molecule is Cc1cc(Br)cc2c1cc(Cc1c(Cl)ccc(C(=O)N3CCCCC3)c1Cl)n2C. The molecule has 0 bridgehead atoms. The van der Waals surface area contributed by atoms with Gasteiger partial charge in [-0.25, -0.2) is 0 Å². The number of hydrogen-bond acceptors (Lipinski definition) is 1. The minimum absolute atomic E-state index is 0.00411. The summed E-state index contributed by atoms with van der Waals surface area (Å²) < 4.78 is 3.22. The first-order valence-electron chi connectivity index (χ1n) is 9.87. The van der Waals surface area contributed by atoms with E-state index in [4.69, 9.17) is 23.2 Å². The highest BCUT2D eigenvalue weighted by molar-refractivity contribution is 9.10. The molecule has 6 heteroatoms. The topological polar surface area (TPSA) is 25.2 Å². The molecule has 1 aliphatic heterocycles. The molecule has 0 radical (unpaired) electrons. The van der Waals surface area contributed by atoms with Crippen LogP contribution in [0.2, 0.25) is 10.0 Å². The highest BCUT2D eigenvalue weighted by Gasteiger charge is 2.23. The molecule has 1 aromatic heterocycles. The summed E-state index contributed by atoms with van der Waals surface area (Å²) in [6.07, 6.45) is 3.85. The van der Waals surface area contributed by atoms with Gasteiger partial charge in [-0.1, -0.05) is 39.1 Å². The summed E-state index contributed by atoms with van der Waals surface area (Å²) in [5, 5.41) is 2.27. The Hall–Kier alpha value is -1.49. The molecule has 1 aliphatic rings. The molecule has 0 N–H and O–H groups in total. The maximum Gasteiger partial charge on any atom is 0.255 e. The number of halogens is 3. The van der Waals surface area contributed by atoms with Crippen LogP contribution in [-0.4, -0.2) is 28.5 Å². The van der Waals surface area contributed by atoms with E-state index in [9.17, 15) is 4.79 Å². The van der Waals surface area contributed by atoms with Gasteiger partial charge in [-0.2, -0.15) is 0 Å². The molecule has 29 heavy (non-hydrogen) atoms. The van der Waals surface area contributed by atoms with Crippen LogP contribution in [0.15, 0.2) is 34.8 Å². The molecule has 0 spiro atoms. The molecule has 0 atom stereocenters. The lowest BCUT2D eigenvalue weighted by atomic mass is 10.0. The lowest BCUT2D eigenvalue weighted by Crippen LogP contribution is -2.35. The van der Waals surface area contributed by atoms with Crippen molar-refractivity contribution in [3.63, 3.8) is 0 Å². The maximum absolute atomic E-state index is 13.0. The Labute approximate surface area is 189 Å². The highest BCUT2D eigenvalue weighted by Crippen LogP contribution is 2.34. The molecular formula is C23H23BrCl2N2O. The van der Waals surface area contributed by atoms with E-state index in [1.807, 2.05) is 11.9 Å². The zero-order chi connectivity index (χ0) is 20.7. The van der Waals surface area contributed by atoms with Crippen LogP contribution in [-0.2, 0) is 13.5 Å². The summed E-state index contributed by atoms with van der Waals surface area (Å²) in [6.45, 7) is 3.70. The average Bonchev–Trinajstić information content (AvgIpc) is 3.01. The minimum Gasteiger partial charge on any atom is -0.347 e. The van der Waals surface area contributed by atoms with Crippen molar-refractivity contribution in [2.45, 2.75) is 32.6 Å². The number of nitrogens with zero attached hydrogens (tertiary/aromatic N) is 2. The summed E-state index contributed by atoms with van der Waals surface area (Å²) in [4.78, 5) is 14.9. The second-order valence-electron chi connectivity index (χ2n) is 7.77. The number of piperidine rings is 1. The monoisotopic (exact) mass is 492 g/mol. The summed E-state index contributed by atoms with van der Waals surface area (Å²) >= 11 is 16.8. The molecule has 3 aromatic rings. The van der Waals surface area contributed by atoms with Crippen LogP contribution < -0.4 is 0 Å². The molecular weight excluding hydrogens is 471 g/mol. The van der Waals surface area contributed by atoms with Gasteiger partial charge in [0.25, 0.3) is 5.91 Å². The molecule has 152 valence electrons. The predicted octanol–water partition coefficient (Wildman–Crippen LogP) is 6.77. The second kappa shape index (κ2) is 8.33. The van der Waals surface area contributed by atoms with Gasteiger partial charge in [0.05, 0.1) is 10.6 Å². The summed E-state index contributed by atoms with van der Waals surface area (Å²) in [6, 6.07) is 9.97. The normalized spacial score (nSPS) is 14.6. The van der Waals surface area contributed by atoms with E-state index in [0.29, 0.717) is 22.0 Å². The van der Waals surface area contributed by atoms with Crippen molar-refractivity contribution in [1.82, 2.24) is 9.47 Å². The Morgan fingerprint density at radius 2 is 1.83 bits per heavy atom. The first-order valence-corrected chi connectivity index (χ1v) is 11.4. The maximum atomic E-state index is 13.0. The first kappa shape index (κ1) is 20.8. The van der Waals surface area contributed by atoms with Gasteiger partial charge in [-0.15, -0.1) is 0 Å². The highest BCUT2D eigenvalue weighted by atomic mass is 79.9. The standard InChI is InChI=1S/C23H23BrCl2N2O/c1-14-10-15(24)11-21-18(14)12-16(27(21)2)13-19-20(25)7-6-17(22(19)26)23(29)28-8-4-3-5-9-28/h6-7,10-12H,3-5,8-9,13H2,1-2H3. The predicted molar refractivity (Wildman–Crippen MR) is 124 cm³/mol. The number of rotatable bonds is 3. The van der Waals surface area contributed by atoms with Gasteiger partial charge >= 0.3 is 0 Å². The van der Waals surface area contributed by atoms with E-state index in [2.05, 4.69) is 45.6 Å². The summed E-state index contributed by atoms with van der Waals surface area (Å²) in [5.74, 6) is 0.00411. The van der Waals surface area contributed by atoms with Crippen molar-refractivity contribution in [2.24, 2.45) is 7.05 Å². The molecule has 1 amide bonds. The van der Waals surface area contributed by atoms with Gasteiger partial charge in [0.2, 0.25) is 0 Å². The lowest BCUT2D eigenvalue weighted by Gasteiger charge is -2.27. The lowest BCUT2D eigenvalue weighted by molar-refractivity contribution is 0.0724. The van der Waals surface area contributed by atoms with Gasteiger partial charge < -0.3 is 9.47 Å². The van der Waals surface area contributed by atoms with Crippen molar-refractivity contribution in [2.75, 3.05) is 13.1 Å². The van der Waals surface area contributed by atoms with Gasteiger partial charge in [0, 0.05) is 52.7 Å². The van der Waals surface area contributed by atoms with E-state index < -0.39 is 0 Å². The number of benzene rings is 2. The van der Waals surface area contributed by atoms with Crippen LogP contribution in [0.25, 0.3) is 10.9 Å². The number of amides is 1. The summed E-state index contributed by atoms with van der Waals surface area (Å²) in [5.41, 5.74) is 4.82. The number of aromatic nitrogens is 1. The minimum atomic E-state index is 0.00411. The fourth-order valence-electron chi connectivity index (χ4n) is 4.16. The van der Waals surface area contributed by atoms with Gasteiger partial charge in [-0.05, 0) is 67.6 Å². The zero-order valence-corrected chi connectivity index (χ0v) is 19.7. The van der Waals surface area contributed by atoms with Crippen molar-refractivity contribution in [3.05, 3.63) is 67.2 Å². The van der Waals surface area contributed by atoms with Crippen LogP contribution in [0.1, 0.15) is 46.4 Å². The fourth-order valence-corrected chi connectivity index (χ4v) is 5.31. The Kier molecular flexibility index (Phi) is 5.97. The smallest absolute Gasteiger partial charge is 0.255 e. The Balaban J connectivity index is 1.72. The third-order valence-electron chi connectivity index (χ3n) is 5.85. The van der Waals surface area contributed by atoms with Crippen molar-refractivity contribution in [3.8, 4) is 0 Å². The third kappa shape index (κ3) is 3.95. The van der Waals surface area contributed by atoms with Crippen molar-refractivity contribution < 1.29 is 4.79 Å². The van der Waals surface area contributed by atoms with Crippen LogP contribution in [0.4, 0.5) is 0 Å². The number of carbonyl (C=O) groups excluding carboxylic acids is 1. The number of likely N-dealkylation sites (tertiary alicyclic amines) is 1. The molecule has 0 saturated carbocycles. The quantitative estimate of drug-likeness (QED) is 0.395. The average molecular weight is 494 g/mol. The number of carbonyl (C=O) groups is 1. The summed E-state index contributed by atoms with van der Waals surface area (Å²) in [7, 11) is 2.05. The van der Waals surface area contributed by atoms with Crippen molar-refractivity contribution in [1.29, 1.82) is 0 Å². The van der Waals surface area contributed by atoms with Crippen molar-refractivity contribution >= 4 is 55.9 Å². The number of hydrogen-bond donors (Lipinski definition) is 0. The number of aryl methyl sites for hydroxylation is 2. The molecule has 3 nitrogen and oxygen atoms in total. The largest absolute Gasteiger partial charge is 0.347 e. The van der Waals surface area contributed by atoms with Gasteiger partial charge in [-0.3, -0.25) is 4.79 Å². The van der Waals surface area contributed by atoms with E-state index >= 15 is 0 Å². The number of fused-ring (bicyclic) bond motifs is 1. The van der Waals surface area contributed by atoms with Gasteiger partial charge in [0.15, 0.2) is 0 Å². The first-order chi connectivity index (χ1) is 13.9. The molecule has 2 heterocycles. The van der Waals surface area contributed by atoms with E-state index in [1.165, 1.54) is 17.4 Å². The van der Waals surface area contributed by atoms with E-state index in [0.717, 1.165) is 47.2 Å². The third-order valence-corrected chi connectivity index (χ3v) is 7.09. The molecule has 1 fully saturated rings. The van der Waals surface area contributed by atoms with Crippen LogP contribution in [0, 0.1) is 6.92 Å². The molecule has 0 unspecified atom stereocenters. The Bertz CT molecular complexity index is 1100. The molecule has 4 rings (SSSR count). The van der Waals surface area contributed by atoms with Gasteiger partial charge in [0.1, 0.15) is 0 Å². The molecule has 2 aromatic carbocycles. The van der Waals surface area contributed by atoms with E-state index in [-0.39, 0.29) is 5.91 Å². The van der Waals surface area contributed by atoms with Crippen LogP contribution in [0.5, 0.6) is 0 Å². The van der Waals surface area contributed by atoms with Crippen LogP contribution >= 0.6 is 39.1 Å². The fraction of sp³-hybridized carbons (Fsp3) is 0.348. The van der Waals surface area contributed by atoms with E-state index in [1.54, 1.807) is 12.1 Å². The molecule has 0 aliphatic carbocycles. The Morgan fingerprint density at radius 3 is 2.55 bits per heavy atom. The Morgan fingerprint density at radius 1 is 1.10 bits per heavy atom.